The number of ether oxygens (including phenoxy) is 1. The third kappa shape index (κ3) is 5.58. The van der Waals surface area contributed by atoms with Gasteiger partial charge in [0.15, 0.2) is 0 Å². The van der Waals surface area contributed by atoms with E-state index in [0.29, 0.717) is 6.10 Å². The largest absolute Gasteiger partial charge is 0.373 e. The average Bonchev–Trinajstić information content (AvgIpc) is 2.14. The van der Waals surface area contributed by atoms with Gasteiger partial charge in [-0.15, -0.1) is 0 Å². The number of rotatable bonds is 4. The van der Waals surface area contributed by atoms with Crippen LogP contribution in [0.15, 0.2) is 30.3 Å². The van der Waals surface area contributed by atoms with Crippen LogP contribution in [0.3, 0.4) is 0 Å². The molecule has 0 aromatic heterocycles. The average molecular weight is 206 g/mol. The summed E-state index contributed by atoms with van der Waals surface area (Å²) in [6.07, 6.45) is 2.50. The maximum absolute atomic E-state index is 5.86. The summed E-state index contributed by atoms with van der Waals surface area (Å²) in [6.45, 7) is 8.46. The van der Waals surface area contributed by atoms with Gasteiger partial charge < -0.3 is 4.74 Å². The Balaban J connectivity index is 2.32. The van der Waals surface area contributed by atoms with Crippen LogP contribution in [0.2, 0.25) is 0 Å². The minimum absolute atomic E-state index is 0.0316. The zero-order chi connectivity index (χ0) is 11.3. The van der Waals surface area contributed by atoms with Crippen molar-refractivity contribution in [3.8, 4) is 0 Å². The molecule has 84 valence electrons. The number of aryl methyl sites for hydroxylation is 1. The van der Waals surface area contributed by atoms with Gasteiger partial charge in [-0.1, -0.05) is 30.3 Å². The van der Waals surface area contributed by atoms with Crippen molar-refractivity contribution in [1.29, 1.82) is 0 Å². The minimum Gasteiger partial charge on any atom is -0.373 e. The first-order chi connectivity index (χ1) is 6.97. The van der Waals surface area contributed by atoms with Crippen LogP contribution in [0.5, 0.6) is 0 Å². The van der Waals surface area contributed by atoms with Crippen molar-refractivity contribution in [2.75, 3.05) is 0 Å². The van der Waals surface area contributed by atoms with Crippen molar-refractivity contribution in [1.82, 2.24) is 0 Å². The second kappa shape index (κ2) is 5.32. The number of benzene rings is 1. The van der Waals surface area contributed by atoms with E-state index >= 15 is 0 Å². The van der Waals surface area contributed by atoms with Crippen LogP contribution >= 0.6 is 0 Å². The van der Waals surface area contributed by atoms with Gasteiger partial charge in [-0.25, -0.2) is 0 Å². The highest BCUT2D eigenvalue weighted by molar-refractivity contribution is 5.14. The number of hydrogen-bond donors (Lipinski definition) is 0. The minimum atomic E-state index is -0.0316. The van der Waals surface area contributed by atoms with Crippen LogP contribution in [0.25, 0.3) is 0 Å². The molecule has 0 heterocycles. The molecule has 1 aromatic carbocycles. The lowest BCUT2D eigenvalue weighted by Gasteiger charge is -2.25. The first-order valence-corrected chi connectivity index (χ1v) is 5.69. The van der Waals surface area contributed by atoms with Gasteiger partial charge in [0, 0.05) is 0 Å². The molecule has 0 aliphatic heterocycles. The second-order valence-corrected chi connectivity index (χ2v) is 5.07. The lowest BCUT2D eigenvalue weighted by atomic mass is 10.1. The molecule has 0 spiro atoms. The van der Waals surface area contributed by atoms with Gasteiger partial charge in [-0.2, -0.15) is 0 Å². The molecule has 1 rings (SSSR count). The Hall–Kier alpha value is -0.820. The molecule has 0 aliphatic rings. The van der Waals surface area contributed by atoms with E-state index in [-0.39, 0.29) is 5.60 Å². The summed E-state index contributed by atoms with van der Waals surface area (Å²) in [5, 5.41) is 0. The van der Waals surface area contributed by atoms with E-state index in [1.165, 1.54) is 5.56 Å². The number of hydrogen-bond acceptors (Lipinski definition) is 1. The molecule has 1 nitrogen and oxygen atoms in total. The van der Waals surface area contributed by atoms with Crippen LogP contribution in [0.4, 0.5) is 0 Å². The summed E-state index contributed by atoms with van der Waals surface area (Å²) in [7, 11) is 0. The predicted octanol–water partition coefficient (Wildman–Crippen LogP) is 3.82. The van der Waals surface area contributed by atoms with Gasteiger partial charge in [0.25, 0.3) is 0 Å². The van der Waals surface area contributed by atoms with Crippen molar-refractivity contribution in [3.63, 3.8) is 0 Å². The molecular formula is C14H22O. The predicted molar refractivity (Wildman–Crippen MR) is 65.1 cm³/mol. The summed E-state index contributed by atoms with van der Waals surface area (Å²) in [5.41, 5.74) is 1.36. The van der Waals surface area contributed by atoms with Crippen molar-refractivity contribution < 1.29 is 4.74 Å². The van der Waals surface area contributed by atoms with E-state index < -0.39 is 0 Å². The molecule has 0 radical (unpaired) electrons. The Morgan fingerprint density at radius 3 is 2.27 bits per heavy atom. The van der Waals surface area contributed by atoms with Gasteiger partial charge in [0.1, 0.15) is 0 Å². The fraction of sp³-hybridized carbons (Fsp3) is 0.571. The highest BCUT2D eigenvalue weighted by Gasteiger charge is 2.14. The van der Waals surface area contributed by atoms with Crippen molar-refractivity contribution >= 4 is 0 Å². The van der Waals surface area contributed by atoms with Gasteiger partial charge in [0.2, 0.25) is 0 Å². The SMILES string of the molecule is CC(CCc1ccccc1)OC(C)(C)C. The Morgan fingerprint density at radius 2 is 1.73 bits per heavy atom. The molecule has 0 N–H and O–H groups in total. The first-order valence-electron chi connectivity index (χ1n) is 5.69. The Labute approximate surface area is 93.5 Å². The molecule has 0 aliphatic carbocycles. The van der Waals surface area contributed by atoms with E-state index in [9.17, 15) is 0 Å². The second-order valence-electron chi connectivity index (χ2n) is 5.07. The van der Waals surface area contributed by atoms with Crippen LogP contribution in [0.1, 0.15) is 39.7 Å². The third-order valence-electron chi connectivity index (χ3n) is 2.24. The van der Waals surface area contributed by atoms with E-state index in [4.69, 9.17) is 4.74 Å². The molecule has 0 saturated heterocycles. The molecule has 0 fully saturated rings. The van der Waals surface area contributed by atoms with Crippen molar-refractivity contribution in [2.24, 2.45) is 0 Å². The molecule has 1 heteroatoms. The normalized spacial score (nSPS) is 13.9. The summed E-state index contributed by atoms with van der Waals surface area (Å²) >= 11 is 0. The van der Waals surface area contributed by atoms with E-state index in [2.05, 4.69) is 58.0 Å². The van der Waals surface area contributed by atoms with Crippen LogP contribution in [-0.4, -0.2) is 11.7 Å². The smallest absolute Gasteiger partial charge is 0.0602 e. The highest BCUT2D eigenvalue weighted by atomic mass is 16.5. The summed E-state index contributed by atoms with van der Waals surface area (Å²) in [6, 6.07) is 10.6. The molecular weight excluding hydrogens is 184 g/mol. The Bertz CT molecular complexity index is 271. The highest BCUT2D eigenvalue weighted by Crippen LogP contribution is 2.14. The Kier molecular flexibility index (Phi) is 4.34. The van der Waals surface area contributed by atoms with Crippen molar-refractivity contribution in [2.45, 2.75) is 52.2 Å². The first kappa shape index (κ1) is 12.3. The standard InChI is InChI=1S/C14H22O/c1-12(15-14(2,3)4)10-11-13-8-6-5-7-9-13/h5-9,12H,10-11H2,1-4H3. The topological polar surface area (TPSA) is 9.23 Å². The van der Waals surface area contributed by atoms with Crippen molar-refractivity contribution in [3.05, 3.63) is 35.9 Å². The molecule has 1 aromatic rings. The summed E-state index contributed by atoms with van der Waals surface area (Å²) < 4.78 is 5.86. The van der Waals surface area contributed by atoms with Gasteiger partial charge >= 0.3 is 0 Å². The lowest BCUT2D eigenvalue weighted by molar-refractivity contribution is -0.0539. The summed E-state index contributed by atoms with van der Waals surface area (Å²) in [5.74, 6) is 0. The molecule has 0 bridgehead atoms. The van der Waals surface area contributed by atoms with E-state index in [1.54, 1.807) is 0 Å². The molecule has 0 amide bonds. The maximum Gasteiger partial charge on any atom is 0.0602 e. The van der Waals surface area contributed by atoms with E-state index in [0.717, 1.165) is 12.8 Å². The zero-order valence-corrected chi connectivity index (χ0v) is 10.3. The summed E-state index contributed by atoms with van der Waals surface area (Å²) in [4.78, 5) is 0. The van der Waals surface area contributed by atoms with Crippen LogP contribution in [-0.2, 0) is 11.2 Å². The molecule has 1 unspecified atom stereocenters. The van der Waals surface area contributed by atoms with Gasteiger partial charge in [-0.05, 0) is 46.1 Å². The van der Waals surface area contributed by atoms with Gasteiger partial charge in [0.05, 0.1) is 11.7 Å². The fourth-order valence-electron chi connectivity index (χ4n) is 1.68. The molecule has 15 heavy (non-hydrogen) atoms. The quantitative estimate of drug-likeness (QED) is 0.727. The van der Waals surface area contributed by atoms with Gasteiger partial charge in [-0.3, -0.25) is 0 Å². The molecule has 1 atom stereocenters. The van der Waals surface area contributed by atoms with E-state index in [1.807, 2.05) is 0 Å². The monoisotopic (exact) mass is 206 g/mol. The van der Waals surface area contributed by atoms with Crippen LogP contribution < -0.4 is 0 Å². The fourth-order valence-corrected chi connectivity index (χ4v) is 1.68. The lowest BCUT2D eigenvalue weighted by Crippen LogP contribution is -2.25. The third-order valence-corrected chi connectivity index (χ3v) is 2.24. The van der Waals surface area contributed by atoms with Crippen LogP contribution in [0, 0.1) is 0 Å². The Morgan fingerprint density at radius 1 is 1.13 bits per heavy atom. The molecule has 0 saturated carbocycles. The maximum atomic E-state index is 5.86. The zero-order valence-electron chi connectivity index (χ0n) is 10.3.